The Morgan fingerprint density at radius 2 is 1.79 bits per heavy atom. The molecule has 2 aliphatic heterocycles. The summed E-state index contributed by atoms with van der Waals surface area (Å²) in [7, 11) is 0. The highest BCUT2D eigenvalue weighted by atomic mass is 16.5. The molecule has 9 nitrogen and oxygen atoms in total. The number of amides is 1. The summed E-state index contributed by atoms with van der Waals surface area (Å²) < 4.78 is 10.8. The minimum absolute atomic E-state index is 0.0638. The lowest BCUT2D eigenvalue weighted by Gasteiger charge is -2.35. The average molecular weight is 447 g/mol. The Hall–Kier alpha value is -3.43. The second-order valence-corrected chi connectivity index (χ2v) is 8.50. The number of fused-ring (bicyclic) bond motifs is 3. The van der Waals surface area contributed by atoms with Crippen molar-refractivity contribution in [2.75, 3.05) is 57.4 Å². The predicted molar refractivity (Wildman–Crippen MR) is 124 cm³/mol. The summed E-state index contributed by atoms with van der Waals surface area (Å²) in [6, 6.07) is 11.7. The van der Waals surface area contributed by atoms with Gasteiger partial charge in [0.05, 0.1) is 26.0 Å². The number of furan rings is 1. The molecule has 5 heterocycles. The third kappa shape index (κ3) is 3.83. The van der Waals surface area contributed by atoms with Gasteiger partial charge in [0.25, 0.3) is 5.91 Å². The number of piperazine rings is 1. The van der Waals surface area contributed by atoms with E-state index in [9.17, 15) is 4.79 Å². The van der Waals surface area contributed by atoms with E-state index in [-0.39, 0.29) is 5.91 Å². The van der Waals surface area contributed by atoms with Crippen LogP contribution in [0.15, 0.2) is 47.1 Å². The summed E-state index contributed by atoms with van der Waals surface area (Å²) in [5.74, 6) is 2.05. The number of carbonyl (C=O) groups is 1. The van der Waals surface area contributed by atoms with Gasteiger partial charge in [-0.05, 0) is 18.2 Å². The van der Waals surface area contributed by atoms with Crippen LogP contribution in [0.25, 0.3) is 21.9 Å². The number of aromatic amines is 1. The van der Waals surface area contributed by atoms with Crippen molar-refractivity contribution < 1.29 is 13.9 Å². The third-order valence-corrected chi connectivity index (χ3v) is 6.45. The Morgan fingerprint density at radius 3 is 2.58 bits per heavy atom. The maximum Gasteiger partial charge on any atom is 0.289 e. The van der Waals surface area contributed by atoms with Gasteiger partial charge in [-0.2, -0.15) is 0 Å². The number of rotatable bonds is 4. The van der Waals surface area contributed by atoms with Gasteiger partial charge in [-0.25, -0.2) is 9.97 Å². The second kappa shape index (κ2) is 8.49. The molecular weight excluding hydrogens is 420 g/mol. The highest BCUT2D eigenvalue weighted by molar-refractivity contribution is 6.08. The number of H-pyrrole nitrogens is 1. The normalized spacial score (nSPS) is 17.8. The van der Waals surface area contributed by atoms with Crippen molar-refractivity contribution >= 4 is 33.7 Å². The molecule has 2 fully saturated rings. The van der Waals surface area contributed by atoms with Crippen LogP contribution in [0.2, 0.25) is 0 Å². The fraction of sp³-hybridized carbons (Fsp3) is 0.375. The number of hydrogen-bond donors (Lipinski definition) is 1. The molecule has 6 rings (SSSR count). The Kier molecular flexibility index (Phi) is 5.20. The third-order valence-electron chi connectivity index (χ3n) is 6.45. The fourth-order valence-corrected chi connectivity index (χ4v) is 4.67. The molecule has 0 saturated carbocycles. The first-order valence-electron chi connectivity index (χ1n) is 11.4. The number of morpholine rings is 1. The summed E-state index contributed by atoms with van der Waals surface area (Å²) in [5.41, 5.74) is 2.96. The average Bonchev–Trinajstić information content (AvgIpc) is 3.53. The summed E-state index contributed by atoms with van der Waals surface area (Å²) in [6.07, 6.45) is 1.53. The summed E-state index contributed by atoms with van der Waals surface area (Å²) in [4.78, 5) is 32.6. The van der Waals surface area contributed by atoms with Crippen LogP contribution in [0.1, 0.15) is 16.4 Å². The second-order valence-electron chi connectivity index (χ2n) is 8.50. The van der Waals surface area contributed by atoms with Gasteiger partial charge >= 0.3 is 0 Å². The van der Waals surface area contributed by atoms with E-state index in [2.05, 4.69) is 26.9 Å². The van der Waals surface area contributed by atoms with Crippen LogP contribution in [0.3, 0.4) is 0 Å². The predicted octanol–water partition coefficient (Wildman–Crippen LogP) is 2.50. The first-order chi connectivity index (χ1) is 16.3. The van der Waals surface area contributed by atoms with E-state index in [0.717, 1.165) is 59.9 Å². The van der Waals surface area contributed by atoms with E-state index in [1.54, 1.807) is 12.1 Å². The first-order valence-corrected chi connectivity index (χ1v) is 11.4. The van der Waals surface area contributed by atoms with Crippen molar-refractivity contribution in [3.8, 4) is 0 Å². The van der Waals surface area contributed by atoms with Gasteiger partial charge in [0, 0.05) is 50.2 Å². The number of hydrogen-bond acceptors (Lipinski definition) is 7. The number of anilines is 1. The number of carbonyl (C=O) groups excluding carboxylic acids is 1. The molecule has 0 atom stereocenters. The van der Waals surface area contributed by atoms with Crippen molar-refractivity contribution in [3.63, 3.8) is 0 Å². The topological polar surface area (TPSA) is 90.7 Å². The van der Waals surface area contributed by atoms with Crippen molar-refractivity contribution in [1.82, 2.24) is 24.8 Å². The van der Waals surface area contributed by atoms with E-state index < -0.39 is 0 Å². The number of nitrogens with one attached hydrogen (secondary N) is 1. The summed E-state index contributed by atoms with van der Waals surface area (Å²) >= 11 is 0. The smallest absolute Gasteiger partial charge is 0.289 e. The SMILES string of the molecule is O=C(c1ccco1)N1CCN(c2nc(CN3CCOCC3)nc3c2[nH]c2ccccc23)CC1. The molecule has 0 aliphatic carbocycles. The van der Waals surface area contributed by atoms with Gasteiger partial charge < -0.3 is 23.9 Å². The minimum atomic E-state index is -0.0638. The molecule has 9 heteroatoms. The summed E-state index contributed by atoms with van der Waals surface area (Å²) in [6.45, 7) is 6.59. The zero-order chi connectivity index (χ0) is 22.2. The van der Waals surface area contributed by atoms with Gasteiger partial charge in [0.2, 0.25) is 0 Å². The lowest BCUT2D eigenvalue weighted by Crippen LogP contribution is -2.49. The summed E-state index contributed by atoms with van der Waals surface area (Å²) in [5, 5.41) is 1.10. The molecule has 170 valence electrons. The Labute approximate surface area is 190 Å². The van der Waals surface area contributed by atoms with E-state index in [4.69, 9.17) is 19.1 Å². The van der Waals surface area contributed by atoms with E-state index >= 15 is 0 Å². The molecule has 0 unspecified atom stereocenters. The molecule has 3 aromatic heterocycles. The van der Waals surface area contributed by atoms with Crippen LogP contribution in [0.4, 0.5) is 5.82 Å². The largest absolute Gasteiger partial charge is 0.459 e. The molecule has 33 heavy (non-hydrogen) atoms. The molecule has 1 aromatic carbocycles. The van der Waals surface area contributed by atoms with Crippen molar-refractivity contribution in [2.24, 2.45) is 0 Å². The van der Waals surface area contributed by atoms with Crippen molar-refractivity contribution in [1.29, 1.82) is 0 Å². The number of para-hydroxylation sites is 1. The molecule has 2 aliphatic rings. The first kappa shape index (κ1) is 20.2. The molecule has 4 aromatic rings. The van der Waals surface area contributed by atoms with Crippen molar-refractivity contribution in [2.45, 2.75) is 6.54 Å². The molecular formula is C24H26N6O3. The molecule has 0 radical (unpaired) electrons. The van der Waals surface area contributed by atoms with Crippen LogP contribution < -0.4 is 4.90 Å². The maximum atomic E-state index is 12.7. The standard InChI is InChI=1S/C24H26N6O3/c31-24(19-6-3-13-33-19)30-9-7-29(8-10-30)23-22-21(17-4-1-2-5-18(17)25-22)26-20(27-23)16-28-11-14-32-15-12-28/h1-6,13,25H,7-12,14-16H2. The molecule has 1 N–H and O–H groups in total. The van der Waals surface area contributed by atoms with Crippen LogP contribution in [0.5, 0.6) is 0 Å². The lowest BCUT2D eigenvalue weighted by atomic mass is 10.2. The van der Waals surface area contributed by atoms with Crippen LogP contribution >= 0.6 is 0 Å². The van der Waals surface area contributed by atoms with Crippen LogP contribution in [0, 0.1) is 0 Å². The Morgan fingerprint density at radius 1 is 0.970 bits per heavy atom. The quantitative estimate of drug-likeness (QED) is 0.515. The number of nitrogens with zero attached hydrogens (tertiary/aromatic N) is 5. The number of aromatic nitrogens is 3. The number of benzene rings is 1. The lowest BCUT2D eigenvalue weighted by molar-refractivity contribution is 0.0331. The molecule has 0 spiro atoms. The highest BCUT2D eigenvalue weighted by Gasteiger charge is 2.27. The van der Waals surface area contributed by atoms with Gasteiger partial charge in [-0.1, -0.05) is 18.2 Å². The van der Waals surface area contributed by atoms with Gasteiger partial charge in [0.15, 0.2) is 11.6 Å². The van der Waals surface area contributed by atoms with Gasteiger partial charge in [0.1, 0.15) is 16.9 Å². The Balaban J connectivity index is 1.32. The van der Waals surface area contributed by atoms with E-state index in [1.807, 2.05) is 17.0 Å². The van der Waals surface area contributed by atoms with Gasteiger partial charge in [-0.3, -0.25) is 9.69 Å². The zero-order valence-electron chi connectivity index (χ0n) is 18.4. The van der Waals surface area contributed by atoms with Crippen LogP contribution in [-0.2, 0) is 11.3 Å². The Bertz CT molecular complexity index is 1270. The zero-order valence-corrected chi connectivity index (χ0v) is 18.4. The van der Waals surface area contributed by atoms with Crippen molar-refractivity contribution in [3.05, 3.63) is 54.2 Å². The van der Waals surface area contributed by atoms with E-state index in [1.165, 1.54) is 6.26 Å². The van der Waals surface area contributed by atoms with Crippen LogP contribution in [-0.4, -0.2) is 83.1 Å². The molecule has 1 amide bonds. The van der Waals surface area contributed by atoms with E-state index in [0.29, 0.717) is 38.5 Å². The monoisotopic (exact) mass is 446 g/mol. The van der Waals surface area contributed by atoms with Gasteiger partial charge in [-0.15, -0.1) is 0 Å². The maximum absolute atomic E-state index is 12.7. The fourth-order valence-electron chi connectivity index (χ4n) is 4.67. The number of ether oxygens (including phenoxy) is 1. The molecule has 2 saturated heterocycles. The minimum Gasteiger partial charge on any atom is -0.459 e. The highest BCUT2D eigenvalue weighted by Crippen LogP contribution is 2.31. The molecule has 0 bridgehead atoms.